The van der Waals surface area contributed by atoms with Crippen LogP contribution in [0.4, 0.5) is 0 Å². The van der Waals surface area contributed by atoms with E-state index in [9.17, 15) is 9.59 Å². The third-order valence-corrected chi connectivity index (χ3v) is 3.02. The lowest BCUT2D eigenvalue weighted by Crippen LogP contribution is -2.08. The van der Waals surface area contributed by atoms with E-state index in [0.717, 1.165) is 25.7 Å². The molecule has 4 heteroatoms. The minimum absolute atomic E-state index is 0.168. The van der Waals surface area contributed by atoms with Crippen LogP contribution in [0, 0.1) is 5.92 Å². The van der Waals surface area contributed by atoms with Crippen molar-refractivity contribution in [1.29, 1.82) is 0 Å². The minimum atomic E-state index is -0.190. The van der Waals surface area contributed by atoms with Crippen molar-refractivity contribution in [3.05, 3.63) is 12.7 Å². The number of ether oxygens (including phenoxy) is 2. The van der Waals surface area contributed by atoms with Gasteiger partial charge in [0.2, 0.25) is 0 Å². The van der Waals surface area contributed by atoms with E-state index in [1.807, 2.05) is 0 Å². The van der Waals surface area contributed by atoms with E-state index < -0.39 is 0 Å². The second-order valence-electron chi connectivity index (χ2n) is 5.62. The van der Waals surface area contributed by atoms with Crippen molar-refractivity contribution >= 4 is 11.9 Å². The molecule has 0 amide bonds. The third kappa shape index (κ3) is 14.9. The summed E-state index contributed by atoms with van der Waals surface area (Å²) in [4.78, 5) is 22.8. The van der Waals surface area contributed by atoms with Gasteiger partial charge in [0.05, 0.1) is 13.2 Å². The second-order valence-corrected chi connectivity index (χ2v) is 5.62. The summed E-state index contributed by atoms with van der Waals surface area (Å²) in [6.45, 7) is 8.86. The molecule has 0 aromatic carbocycles. The van der Waals surface area contributed by atoms with Gasteiger partial charge in [-0.1, -0.05) is 19.9 Å². The van der Waals surface area contributed by atoms with Gasteiger partial charge < -0.3 is 9.47 Å². The lowest BCUT2D eigenvalue weighted by atomic mass is 10.1. The maximum absolute atomic E-state index is 11.4. The Bertz CT molecular complexity index is 297. The number of hydrogen-bond acceptors (Lipinski definition) is 4. The summed E-state index contributed by atoms with van der Waals surface area (Å²) >= 11 is 0. The Morgan fingerprint density at radius 1 is 0.952 bits per heavy atom. The normalized spacial score (nSPS) is 10.4. The Balaban J connectivity index is 3.38. The number of carbonyl (C=O) groups excluding carboxylic acids is 2. The Morgan fingerprint density at radius 3 is 1.95 bits per heavy atom. The molecule has 0 heterocycles. The van der Waals surface area contributed by atoms with Crippen molar-refractivity contribution in [3.8, 4) is 0 Å². The molecule has 0 saturated heterocycles. The lowest BCUT2D eigenvalue weighted by Gasteiger charge is -2.06. The highest BCUT2D eigenvalue weighted by atomic mass is 16.5. The van der Waals surface area contributed by atoms with E-state index in [1.165, 1.54) is 0 Å². The quantitative estimate of drug-likeness (QED) is 0.292. The van der Waals surface area contributed by atoms with Crippen molar-refractivity contribution in [1.82, 2.24) is 0 Å². The van der Waals surface area contributed by atoms with Crippen LogP contribution in [0.2, 0.25) is 0 Å². The smallest absolute Gasteiger partial charge is 0.305 e. The van der Waals surface area contributed by atoms with Crippen molar-refractivity contribution < 1.29 is 19.1 Å². The molecule has 4 nitrogen and oxygen atoms in total. The van der Waals surface area contributed by atoms with E-state index >= 15 is 0 Å². The van der Waals surface area contributed by atoms with Crippen LogP contribution in [0.1, 0.15) is 65.2 Å². The van der Waals surface area contributed by atoms with Crippen LogP contribution in [0.25, 0.3) is 0 Å². The third-order valence-electron chi connectivity index (χ3n) is 3.02. The van der Waals surface area contributed by atoms with Crippen LogP contribution in [0.5, 0.6) is 0 Å². The van der Waals surface area contributed by atoms with Gasteiger partial charge in [0.25, 0.3) is 0 Å². The van der Waals surface area contributed by atoms with Crippen LogP contribution in [0.15, 0.2) is 12.7 Å². The molecule has 0 atom stereocenters. The van der Waals surface area contributed by atoms with E-state index in [0.29, 0.717) is 44.8 Å². The van der Waals surface area contributed by atoms with Crippen LogP contribution in [0.3, 0.4) is 0 Å². The van der Waals surface area contributed by atoms with Crippen molar-refractivity contribution in [2.24, 2.45) is 5.92 Å². The van der Waals surface area contributed by atoms with Gasteiger partial charge in [0.1, 0.15) is 0 Å². The number of unbranched alkanes of at least 4 members (excludes halogenated alkanes) is 2. The molecular weight excluding hydrogens is 268 g/mol. The monoisotopic (exact) mass is 298 g/mol. The van der Waals surface area contributed by atoms with Gasteiger partial charge in [-0.2, -0.15) is 0 Å². The summed E-state index contributed by atoms with van der Waals surface area (Å²) in [6, 6.07) is 0. The van der Waals surface area contributed by atoms with Crippen LogP contribution in [-0.4, -0.2) is 25.2 Å². The molecule has 21 heavy (non-hydrogen) atoms. The number of esters is 2. The molecule has 0 fully saturated rings. The predicted octanol–water partition coefficient (Wildman–Crippen LogP) is 4.04. The SMILES string of the molecule is C=CCCCOC(=O)CCCCC(=O)OCCCC(C)C. The van der Waals surface area contributed by atoms with Gasteiger partial charge >= 0.3 is 11.9 Å². The average Bonchev–Trinajstić information content (AvgIpc) is 2.44. The number of carbonyl (C=O) groups is 2. The van der Waals surface area contributed by atoms with Gasteiger partial charge in [-0.15, -0.1) is 6.58 Å². The largest absolute Gasteiger partial charge is 0.466 e. The maximum Gasteiger partial charge on any atom is 0.305 e. The summed E-state index contributed by atoms with van der Waals surface area (Å²) in [5.74, 6) is 0.281. The number of rotatable bonds is 13. The fourth-order valence-corrected chi connectivity index (χ4v) is 1.77. The van der Waals surface area contributed by atoms with Crippen LogP contribution >= 0.6 is 0 Å². The van der Waals surface area contributed by atoms with Crippen molar-refractivity contribution in [2.75, 3.05) is 13.2 Å². The zero-order valence-corrected chi connectivity index (χ0v) is 13.6. The molecule has 0 rings (SSSR count). The van der Waals surface area contributed by atoms with E-state index in [2.05, 4.69) is 20.4 Å². The molecule has 0 spiro atoms. The maximum atomic E-state index is 11.4. The molecule has 0 aromatic heterocycles. The minimum Gasteiger partial charge on any atom is -0.466 e. The van der Waals surface area contributed by atoms with Crippen molar-refractivity contribution in [2.45, 2.75) is 65.2 Å². The molecule has 0 unspecified atom stereocenters. The van der Waals surface area contributed by atoms with E-state index in [1.54, 1.807) is 6.08 Å². The zero-order chi connectivity index (χ0) is 15.9. The highest BCUT2D eigenvalue weighted by Gasteiger charge is 2.06. The summed E-state index contributed by atoms with van der Waals surface area (Å²) in [5, 5.41) is 0. The van der Waals surface area contributed by atoms with Crippen molar-refractivity contribution in [3.63, 3.8) is 0 Å². The first-order chi connectivity index (χ1) is 10.1. The fourth-order valence-electron chi connectivity index (χ4n) is 1.77. The highest BCUT2D eigenvalue weighted by molar-refractivity contribution is 5.70. The number of allylic oxidation sites excluding steroid dienone is 1. The fraction of sp³-hybridized carbons (Fsp3) is 0.765. The Hall–Kier alpha value is -1.32. The predicted molar refractivity (Wildman–Crippen MR) is 83.9 cm³/mol. The Morgan fingerprint density at radius 2 is 1.48 bits per heavy atom. The molecule has 122 valence electrons. The molecular formula is C17H30O4. The summed E-state index contributed by atoms with van der Waals surface area (Å²) < 4.78 is 10.2. The number of hydrogen-bond donors (Lipinski definition) is 0. The van der Waals surface area contributed by atoms with Crippen LogP contribution in [-0.2, 0) is 19.1 Å². The molecule has 0 radical (unpaired) electrons. The van der Waals surface area contributed by atoms with Gasteiger partial charge in [-0.3, -0.25) is 9.59 Å². The Labute approximate surface area is 128 Å². The first kappa shape index (κ1) is 19.7. The molecule has 0 saturated carbocycles. The summed E-state index contributed by atoms with van der Waals surface area (Å²) in [6.07, 6.45) is 7.56. The average molecular weight is 298 g/mol. The second kappa shape index (κ2) is 13.7. The summed E-state index contributed by atoms with van der Waals surface area (Å²) in [5.41, 5.74) is 0. The first-order valence-electron chi connectivity index (χ1n) is 7.98. The van der Waals surface area contributed by atoms with Gasteiger partial charge in [0, 0.05) is 12.8 Å². The standard InChI is InChI=1S/C17H30O4/c1-4-5-8-13-20-16(18)11-6-7-12-17(19)21-14-9-10-15(2)3/h4,15H,1,5-14H2,2-3H3. The molecule has 0 aliphatic carbocycles. The summed E-state index contributed by atoms with van der Waals surface area (Å²) in [7, 11) is 0. The van der Waals surface area contributed by atoms with Gasteiger partial charge in [-0.25, -0.2) is 0 Å². The molecule has 0 N–H and O–H groups in total. The van der Waals surface area contributed by atoms with E-state index in [-0.39, 0.29) is 11.9 Å². The Kier molecular flexibility index (Phi) is 12.8. The highest BCUT2D eigenvalue weighted by Crippen LogP contribution is 2.06. The van der Waals surface area contributed by atoms with Gasteiger partial charge in [-0.05, 0) is 44.4 Å². The molecule has 0 bridgehead atoms. The van der Waals surface area contributed by atoms with Gasteiger partial charge in [0.15, 0.2) is 0 Å². The molecule has 0 aliphatic rings. The zero-order valence-electron chi connectivity index (χ0n) is 13.6. The lowest BCUT2D eigenvalue weighted by molar-refractivity contribution is -0.146. The van der Waals surface area contributed by atoms with E-state index in [4.69, 9.17) is 9.47 Å². The first-order valence-corrected chi connectivity index (χ1v) is 7.98. The molecule has 0 aliphatic heterocycles. The topological polar surface area (TPSA) is 52.6 Å². The van der Waals surface area contributed by atoms with Crippen LogP contribution < -0.4 is 0 Å². The molecule has 0 aromatic rings.